The molecular weight excluding hydrogens is 326 g/mol. The molecule has 0 radical (unpaired) electrons. The van der Waals surface area contributed by atoms with E-state index in [4.69, 9.17) is 0 Å². The Hall–Kier alpha value is -1.50. The number of hydrogen-bond donors (Lipinski definition) is 1. The molecule has 2 aromatic heterocycles. The molecular formula is C17H21N3OS2. The van der Waals surface area contributed by atoms with E-state index >= 15 is 0 Å². The Labute approximate surface area is 144 Å². The molecule has 0 spiro atoms. The maximum atomic E-state index is 11.8. The molecule has 1 N–H and O–H groups in total. The third-order valence-corrected chi connectivity index (χ3v) is 5.66. The number of piperidine rings is 1. The number of nitrogens with one attached hydrogen (secondary N) is 1. The van der Waals surface area contributed by atoms with Gasteiger partial charge in [-0.05, 0) is 49.4 Å². The van der Waals surface area contributed by atoms with Crippen LogP contribution in [0.5, 0.6) is 0 Å². The van der Waals surface area contributed by atoms with Crippen molar-refractivity contribution in [3.8, 4) is 0 Å². The van der Waals surface area contributed by atoms with Crippen LogP contribution in [0.25, 0.3) is 6.08 Å². The summed E-state index contributed by atoms with van der Waals surface area (Å²) in [6, 6.07) is 4.31. The monoisotopic (exact) mass is 347 g/mol. The first-order chi connectivity index (χ1) is 11.3. The van der Waals surface area contributed by atoms with E-state index in [-0.39, 0.29) is 5.91 Å². The number of aromatic nitrogens is 1. The summed E-state index contributed by atoms with van der Waals surface area (Å²) < 4.78 is 0. The van der Waals surface area contributed by atoms with Gasteiger partial charge in [-0.2, -0.15) is 0 Å². The second-order valence-corrected chi connectivity index (χ2v) is 7.71. The molecule has 0 unspecified atom stereocenters. The number of thiazole rings is 1. The molecule has 0 bridgehead atoms. The molecule has 23 heavy (non-hydrogen) atoms. The highest BCUT2D eigenvalue weighted by Gasteiger charge is 2.19. The first kappa shape index (κ1) is 16.4. The maximum absolute atomic E-state index is 11.8. The second kappa shape index (κ2) is 8.38. The van der Waals surface area contributed by atoms with Crippen molar-refractivity contribution < 1.29 is 4.79 Å². The summed E-state index contributed by atoms with van der Waals surface area (Å²) >= 11 is 3.36. The van der Waals surface area contributed by atoms with E-state index < -0.39 is 0 Å². The van der Waals surface area contributed by atoms with E-state index in [0.717, 1.165) is 44.0 Å². The summed E-state index contributed by atoms with van der Waals surface area (Å²) in [5.41, 5.74) is 0. The zero-order chi connectivity index (χ0) is 15.9. The topological polar surface area (TPSA) is 45.2 Å². The molecule has 2 aromatic rings. The van der Waals surface area contributed by atoms with Crippen LogP contribution in [-0.4, -0.2) is 35.4 Å². The Balaban J connectivity index is 1.35. The summed E-state index contributed by atoms with van der Waals surface area (Å²) in [7, 11) is 0. The molecule has 0 aromatic carbocycles. The van der Waals surface area contributed by atoms with Gasteiger partial charge in [0.2, 0.25) is 5.91 Å². The van der Waals surface area contributed by atoms with Crippen LogP contribution in [0, 0.1) is 5.92 Å². The Morgan fingerprint density at radius 1 is 1.35 bits per heavy atom. The fourth-order valence-corrected chi connectivity index (χ4v) is 4.01. The Morgan fingerprint density at radius 3 is 2.91 bits per heavy atom. The maximum Gasteiger partial charge on any atom is 0.244 e. The standard InChI is InChI=1S/C17H21N3OS2/c21-16(3-4-17-18-7-11-23-17)19-12-14-5-8-20(9-6-14)13-15-2-1-10-22-15/h1-4,7,10-11,14H,5-6,8-9,12-13H2,(H,19,21). The lowest BCUT2D eigenvalue weighted by atomic mass is 9.97. The summed E-state index contributed by atoms with van der Waals surface area (Å²) in [6.45, 7) is 4.07. The normalized spacial score (nSPS) is 16.9. The van der Waals surface area contributed by atoms with Gasteiger partial charge in [-0.1, -0.05) is 6.07 Å². The number of rotatable bonds is 6. The van der Waals surface area contributed by atoms with Gasteiger partial charge in [0.1, 0.15) is 5.01 Å². The van der Waals surface area contributed by atoms with E-state index in [0.29, 0.717) is 5.92 Å². The third kappa shape index (κ3) is 5.27. The van der Waals surface area contributed by atoms with Crippen molar-refractivity contribution in [3.63, 3.8) is 0 Å². The zero-order valence-electron chi connectivity index (χ0n) is 13.0. The molecule has 6 heteroatoms. The van der Waals surface area contributed by atoms with Crippen molar-refractivity contribution >= 4 is 34.7 Å². The second-order valence-electron chi connectivity index (χ2n) is 5.75. The Kier molecular flexibility index (Phi) is 5.96. The van der Waals surface area contributed by atoms with Crippen LogP contribution in [0.15, 0.2) is 35.2 Å². The van der Waals surface area contributed by atoms with Crippen molar-refractivity contribution in [2.45, 2.75) is 19.4 Å². The van der Waals surface area contributed by atoms with Gasteiger partial charge in [0.05, 0.1) is 0 Å². The average Bonchev–Trinajstić information content (AvgIpc) is 3.26. The van der Waals surface area contributed by atoms with Gasteiger partial charge in [-0.25, -0.2) is 4.98 Å². The van der Waals surface area contributed by atoms with Crippen LogP contribution in [0.4, 0.5) is 0 Å². The molecule has 1 amide bonds. The number of thiophene rings is 1. The highest BCUT2D eigenvalue weighted by molar-refractivity contribution is 7.10. The average molecular weight is 348 g/mol. The SMILES string of the molecule is O=C(C=Cc1nccs1)NCC1CCN(Cc2cccs2)CC1. The summed E-state index contributed by atoms with van der Waals surface area (Å²) in [5.74, 6) is 0.563. The molecule has 1 aliphatic heterocycles. The van der Waals surface area contributed by atoms with E-state index in [1.165, 1.54) is 16.2 Å². The quantitative estimate of drug-likeness (QED) is 0.816. The van der Waals surface area contributed by atoms with Gasteiger partial charge >= 0.3 is 0 Å². The van der Waals surface area contributed by atoms with Crippen molar-refractivity contribution in [2.75, 3.05) is 19.6 Å². The minimum Gasteiger partial charge on any atom is -0.352 e. The number of amides is 1. The predicted octanol–water partition coefficient (Wildman–Crippen LogP) is 3.25. The van der Waals surface area contributed by atoms with E-state index in [1.807, 2.05) is 16.7 Å². The highest BCUT2D eigenvalue weighted by atomic mass is 32.1. The van der Waals surface area contributed by atoms with Gasteiger partial charge in [0.25, 0.3) is 0 Å². The Bertz CT molecular complexity index is 614. The van der Waals surface area contributed by atoms with Crippen LogP contribution in [0.2, 0.25) is 0 Å². The van der Waals surface area contributed by atoms with Crippen molar-refractivity contribution in [1.29, 1.82) is 0 Å². The minimum atomic E-state index is -0.0267. The molecule has 1 saturated heterocycles. The molecule has 0 aliphatic carbocycles. The number of carbonyl (C=O) groups is 1. The van der Waals surface area contributed by atoms with E-state index in [2.05, 4.69) is 32.7 Å². The number of hydrogen-bond acceptors (Lipinski definition) is 5. The van der Waals surface area contributed by atoms with E-state index in [1.54, 1.807) is 18.3 Å². The van der Waals surface area contributed by atoms with Gasteiger partial charge in [-0.15, -0.1) is 22.7 Å². The fraction of sp³-hybridized carbons (Fsp3) is 0.412. The van der Waals surface area contributed by atoms with Gasteiger partial charge in [-0.3, -0.25) is 9.69 Å². The number of nitrogens with zero attached hydrogens (tertiary/aromatic N) is 2. The predicted molar refractivity (Wildman–Crippen MR) is 96.5 cm³/mol. The lowest BCUT2D eigenvalue weighted by Crippen LogP contribution is -2.37. The molecule has 4 nitrogen and oxygen atoms in total. The third-order valence-electron chi connectivity index (χ3n) is 4.06. The molecule has 1 fully saturated rings. The first-order valence-corrected chi connectivity index (χ1v) is 9.65. The summed E-state index contributed by atoms with van der Waals surface area (Å²) in [4.78, 5) is 19.9. The number of carbonyl (C=O) groups excluding carboxylic acids is 1. The van der Waals surface area contributed by atoms with Crippen molar-refractivity contribution in [1.82, 2.24) is 15.2 Å². The minimum absolute atomic E-state index is 0.0267. The highest BCUT2D eigenvalue weighted by Crippen LogP contribution is 2.20. The van der Waals surface area contributed by atoms with Crippen molar-refractivity contribution in [2.24, 2.45) is 5.92 Å². The molecule has 0 atom stereocenters. The van der Waals surface area contributed by atoms with Crippen LogP contribution in [-0.2, 0) is 11.3 Å². The smallest absolute Gasteiger partial charge is 0.244 e. The lowest BCUT2D eigenvalue weighted by molar-refractivity contribution is -0.116. The van der Waals surface area contributed by atoms with Crippen LogP contribution in [0.3, 0.4) is 0 Å². The van der Waals surface area contributed by atoms with Crippen LogP contribution < -0.4 is 5.32 Å². The summed E-state index contributed by atoms with van der Waals surface area (Å²) in [5, 5.41) is 7.91. The van der Waals surface area contributed by atoms with Gasteiger partial charge < -0.3 is 5.32 Å². The molecule has 3 rings (SSSR count). The molecule has 122 valence electrons. The largest absolute Gasteiger partial charge is 0.352 e. The van der Waals surface area contributed by atoms with E-state index in [9.17, 15) is 4.79 Å². The zero-order valence-corrected chi connectivity index (χ0v) is 14.6. The first-order valence-electron chi connectivity index (χ1n) is 7.90. The molecule has 3 heterocycles. The van der Waals surface area contributed by atoms with Gasteiger partial charge in [0.15, 0.2) is 0 Å². The fourth-order valence-electron chi connectivity index (χ4n) is 2.74. The lowest BCUT2D eigenvalue weighted by Gasteiger charge is -2.31. The van der Waals surface area contributed by atoms with Crippen LogP contribution >= 0.6 is 22.7 Å². The molecule has 0 saturated carbocycles. The van der Waals surface area contributed by atoms with Crippen LogP contribution in [0.1, 0.15) is 22.7 Å². The molecule has 1 aliphatic rings. The van der Waals surface area contributed by atoms with Gasteiger partial charge in [0, 0.05) is 35.6 Å². The van der Waals surface area contributed by atoms with Crippen molar-refractivity contribution in [3.05, 3.63) is 45.1 Å². The summed E-state index contributed by atoms with van der Waals surface area (Å²) in [6.07, 6.45) is 7.39. The number of likely N-dealkylation sites (tertiary alicyclic amines) is 1. The Morgan fingerprint density at radius 2 is 2.22 bits per heavy atom.